The minimum atomic E-state index is -1.36. The number of ether oxygens (including phenoxy) is 2. The van der Waals surface area contributed by atoms with Gasteiger partial charge in [0.2, 0.25) is 12.1 Å². The fourth-order valence-corrected chi connectivity index (χ4v) is 6.63. The van der Waals surface area contributed by atoms with Crippen LogP contribution >= 0.6 is 11.6 Å². The van der Waals surface area contributed by atoms with Crippen LogP contribution in [-0.4, -0.2) is 70.3 Å². The monoisotopic (exact) mass is 717 g/mol. The van der Waals surface area contributed by atoms with E-state index in [0.29, 0.717) is 23.2 Å². The molecule has 1 aliphatic heterocycles. The summed E-state index contributed by atoms with van der Waals surface area (Å²) in [6.07, 6.45) is 3.59. The third-order valence-electron chi connectivity index (χ3n) is 8.96. The Morgan fingerprint density at radius 3 is 2.16 bits per heavy atom. The number of urea groups is 1. The smallest absolute Gasteiger partial charge is 0.330 e. The van der Waals surface area contributed by atoms with Gasteiger partial charge in [-0.05, 0) is 55.9 Å². The van der Waals surface area contributed by atoms with Crippen molar-refractivity contribution < 1.29 is 33.4 Å². The first kappa shape index (κ1) is 39.2. The van der Waals surface area contributed by atoms with Gasteiger partial charge in [-0.1, -0.05) is 105 Å². The van der Waals surface area contributed by atoms with Crippen LogP contribution in [0.3, 0.4) is 0 Å². The van der Waals surface area contributed by atoms with E-state index in [1.165, 1.54) is 12.0 Å². The summed E-state index contributed by atoms with van der Waals surface area (Å²) in [6.45, 7) is 4.00. The first-order chi connectivity index (χ1) is 24.6. The van der Waals surface area contributed by atoms with E-state index in [9.17, 15) is 24.0 Å². The molecule has 11 heteroatoms. The number of nitrogens with zero attached hydrogens (tertiary/aromatic N) is 2. The Balaban J connectivity index is 1.54. The normalized spacial score (nSPS) is 16.1. The molecule has 0 aromatic heterocycles. The van der Waals surface area contributed by atoms with Crippen molar-refractivity contribution in [3.8, 4) is 0 Å². The molecule has 4 rings (SSSR count). The lowest BCUT2D eigenvalue weighted by atomic mass is 9.93. The van der Waals surface area contributed by atoms with Crippen LogP contribution in [0.15, 0.2) is 84.9 Å². The maximum Gasteiger partial charge on any atom is 0.330 e. The number of para-hydroxylation sites is 1. The van der Waals surface area contributed by atoms with Crippen molar-refractivity contribution in [2.24, 2.45) is 0 Å². The van der Waals surface area contributed by atoms with Gasteiger partial charge in [0.25, 0.3) is 5.91 Å². The number of hydrogen-bond donors (Lipinski definition) is 1. The summed E-state index contributed by atoms with van der Waals surface area (Å²) in [5.41, 5.74) is 2.37. The van der Waals surface area contributed by atoms with Gasteiger partial charge in [-0.2, -0.15) is 0 Å². The number of amides is 4. The van der Waals surface area contributed by atoms with Crippen LogP contribution in [0.4, 0.5) is 10.5 Å². The first-order valence-corrected chi connectivity index (χ1v) is 18.1. The second kappa shape index (κ2) is 19.7. The van der Waals surface area contributed by atoms with E-state index in [4.69, 9.17) is 21.1 Å². The molecule has 3 aromatic rings. The number of unbranched alkanes of at least 4 members (excludes halogenated alkanes) is 4. The standard InChI is InChI=1S/C40H48ClN3O7/c1-4-5-6-7-14-22-31(51-35(46)26-34(45)42-30-20-12-9-13-21-30)24-25-33(41)36(37(47)32-23-16-15-17-28(32)2)44-38(48)39(50-3)43(40(44)49)27-29-18-10-8-11-19-29/h8-13,15-21,23,31,33,36,39H,4-7,14,22,24-27H2,1-3H3,(H,42,45). The Hall–Kier alpha value is -4.54. The topological polar surface area (TPSA) is 122 Å². The summed E-state index contributed by atoms with van der Waals surface area (Å²) in [5.74, 6) is -2.33. The summed E-state index contributed by atoms with van der Waals surface area (Å²) in [5, 5.41) is 1.67. The van der Waals surface area contributed by atoms with Crippen LogP contribution in [0, 0.1) is 6.92 Å². The van der Waals surface area contributed by atoms with Crippen LogP contribution in [-0.2, 0) is 30.4 Å². The van der Waals surface area contributed by atoms with Gasteiger partial charge in [0.05, 0.1) is 11.9 Å². The van der Waals surface area contributed by atoms with Crippen molar-refractivity contribution >= 4 is 46.9 Å². The molecule has 1 fully saturated rings. The number of Topliss-reactive ketones (excluding diaryl/α,β-unsaturated/α-hetero) is 1. The average molecular weight is 718 g/mol. The number of hydrogen-bond acceptors (Lipinski definition) is 7. The van der Waals surface area contributed by atoms with Crippen molar-refractivity contribution in [2.75, 3.05) is 12.4 Å². The Kier molecular flexibility index (Phi) is 15.2. The second-order valence-corrected chi connectivity index (χ2v) is 13.4. The zero-order valence-electron chi connectivity index (χ0n) is 29.6. The Morgan fingerprint density at radius 2 is 1.49 bits per heavy atom. The number of anilines is 1. The maximum absolute atomic E-state index is 14.3. The maximum atomic E-state index is 14.3. The number of benzene rings is 3. The quantitative estimate of drug-likeness (QED) is 0.0318. The third kappa shape index (κ3) is 11.0. The van der Waals surface area contributed by atoms with Gasteiger partial charge in [-0.15, -0.1) is 11.6 Å². The number of alkyl halides is 1. The van der Waals surface area contributed by atoms with Gasteiger partial charge in [-0.3, -0.25) is 24.1 Å². The summed E-state index contributed by atoms with van der Waals surface area (Å²) >= 11 is 7.08. The van der Waals surface area contributed by atoms with Crippen molar-refractivity contribution in [3.63, 3.8) is 0 Å². The second-order valence-electron chi connectivity index (χ2n) is 12.8. The van der Waals surface area contributed by atoms with E-state index in [1.807, 2.05) is 36.4 Å². The van der Waals surface area contributed by atoms with Crippen LogP contribution in [0.25, 0.3) is 0 Å². The number of nitrogens with one attached hydrogen (secondary N) is 1. The molecule has 1 saturated heterocycles. The highest BCUT2D eigenvalue weighted by molar-refractivity contribution is 6.25. The van der Waals surface area contributed by atoms with E-state index in [0.717, 1.165) is 42.6 Å². The molecule has 1 heterocycles. The molecule has 3 aromatic carbocycles. The number of aryl methyl sites for hydroxylation is 1. The van der Waals surface area contributed by atoms with Crippen molar-refractivity contribution in [1.82, 2.24) is 9.80 Å². The number of halogens is 1. The van der Waals surface area contributed by atoms with Gasteiger partial charge in [0.1, 0.15) is 18.6 Å². The summed E-state index contributed by atoms with van der Waals surface area (Å²) in [7, 11) is 1.34. The number of imide groups is 1. The fraction of sp³-hybridized carbons (Fsp3) is 0.425. The van der Waals surface area contributed by atoms with Crippen LogP contribution in [0.5, 0.6) is 0 Å². The summed E-state index contributed by atoms with van der Waals surface area (Å²) < 4.78 is 11.3. The van der Waals surface area contributed by atoms with Crippen molar-refractivity contribution in [3.05, 3.63) is 102 Å². The molecule has 4 amide bonds. The molecule has 4 atom stereocenters. The van der Waals surface area contributed by atoms with Crippen molar-refractivity contribution in [1.29, 1.82) is 0 Å². The van der Waals surface area contributed by atoms with Crippen LogP contribution in [0.2, 0.25) is 0 Å². The zero-order valence-corrected chi connectivity index (χ0v) is 30.3. The zero-order chi connectivity index (χ0) is 36.8. The molecule has 51 heavy (non-hydrogen) atoms. The van der Waals surface area contributed by atoms with E-state index >= 15 is 0 Å². The lowest BCUT2D eigenvalue weighted by Gasteiger charge is -2.30. The molecule has 1 aliphatic rings. The SMILES string of the molecule is CCCCCCCC(CCC(Cl)C(C(=O)c1ccccc1C)N1C(=O)C(OC)N(Cc2ccccc2)C1=O)OC(=O)CC(=O)Nc1ccccc1. The molecule has 0 radical (unpaired) electrons. The number of ketones is 1. The van der Waals surface area contributed by atoms with E-state index in [-0.39, 0.29) is 19.4 Å². The average Bonchev–Trinajstić information content (AvgIpc) is 3.35. The number of methoxy groups -OCH3 is 1. The van der Waals surface area contributed by atoms with E-state index in [1.54, 1.807) is 55.5 Å². The van der Waals surface area contributed by atoms with Gasteiger partial charge >= 0.3 is 12.0 Å². The lowest BCUT2D eigenvalue weighted by molar-refractivity contribution is -0.151. The molecule has 272 valence electrons. The summed E-state index contributed by atoms with van der Waals surface area (Å²) in [6, 6.07) is 22.9. The minimum absolute atomic E-state index is 0.0898. The fourth-order valence-electron chi connectivity index (χ4n) is 6.28. The predicted octanol–water partition coefficient (Wildman–Crippen LogP) is 7.67. The summed E-state index contributed by atoms with van der Waals surface area (Å²) in [4.78, 5) is 70.0. The van der Waals surface area contributed by atoms with Gasteiger partial charge in [0.15, 0.2) is 5.78 Å². The molecular formula is C40H48ClN3O7. The highest BCUT2D eigenvalue weighted by Crippen LogP contribution is 2.31. The Morgan fingerprint density at radius 1 is 0.843 bits per heavy atom. The lowest BCUT2D eigenvalue weighted by Crippen LogP contribution is -2.51. The number of carbonyl (C=O) groups is 5. The third-order valence-corrected chi connectivity index (χ3v) is 9.41. The molecule has 0 saturated carbocycles. The molecule has 0 aliphatic carbocycles. The van der Waals surface area contributed by atoms with E-state index < -0.39 is 59.8 Å². The van der Waals surface area contributed by atoms with Gasteiger partial charge in [-0.25, -0.2) is 9.69 Å². The number of esters is 1. The molecule has 0 bridgehead atoms. The molecule has 1 N–H and O–H groups in total. The Bertz CT molecular complexity index is 1620. The first-order valence-electron chi connectivity index (χ1n) is 17.6. The Labute approximate surface area is 305 Å². The van der Waals surface area contributed by atoms with Crippen LogP contribution < -0.4 is 5.32 Å². The highest BCUT2D eigenvalue weighted by atomic mass is 35.5. The van der Waals surface area contributed by atoms with Gasteiger partial charge < -0.3 is 14.8 Å². The van der Waals surface area contributed by atoms with Gasteiger partial charge in [0, 0.05) is 18.4 Å². The molecule has 0 spiro atoms. The van der Waals surface area contributed by atoms with Crippen LogP contribution in [0.1, 0.15) is 86.2 Å². The largest absolute Gasteiger partial charge is 0.462 e. The number of carbonyl (C=O) groups excluding carboxylic acids is 5. The number of rotatable bonds is 20. The highest BCUT2D eigenvalue weighted by Gasteiger charge is 2.52. The van der Waals surface area contributed by atoms with E-state index in [2.05, 4.69) is 12.2 Å². The predicted molar refractivity (Wildman–Crippen MR) is 196 cm³/mol. The molecule has 10 nitrogen and oxygen atoms in total. The minimum Gasteiger partial charge on any atom is -0.462 e. The molecule has 4 unspecified atom stereocenters. The van der Waals surface area contributed by atoms with Crippen molar-refractivity contribution in [2.45, 2.75) is 102 Å². The molecular weight excluding hydrogens is 670 g/mol.